The number of aryl methyl sites for hydroxylation is 1. The minimum atomic E-state index is -4.70. The van der Waals surface area contributed by atoms with Crippen LogP contribution in [0.1, 0.15) is 27.0 Å². The fourth-order valence-electron chi connectivity index (χ4n) is 2.17. The van der Waals surface area contributed by atoms with Crippen molar-refractivity contribution in [2.24, 2.45) is 16.5 Å². The van der Waals surface area contributed by atoms with E-state index in [1.807, 2.05) is 0 Å². The number of halogens is 3. The molecule has 0 bridgehead atoms. The van der Waals surface area contributed by atoms with Crippen molar-refractivity contribution in [3.8, 4) is 5.75 Å². The Labute approximate surface area is 142 Å². The third-order valence-electron chi connectivity index (χ3n) is 3.33. The Hall–Kier alpha value is -3.03. The molecule has 25 heavy (non-hydrogen) atoms. The average Bonchev–Trinajstić information content (AvgIpc) is 2.52. The zero-order valence-electron chi connectivity index (χ0n) is 13.3. The van der Waals surface area contributed by atoms with E-state index in [2.05, 4.69) is 4.99 Å². The van der Waals surface area contributed by atoms with Crippen LogP contribution < -0.4 is 16.2 Å². The number of hydrogen-bond donors (Lipinski definition) is 2. The Bertz CT molecular complexity index is 799. The minimum absolute atomic E-state index is 0.0371. The van der Waals surface area contributed by atoms with Crippen LogP contribution in [0.15, 0.2) is 47.5 Å². The quantitative estimate of drug-likeness (QED) is 0.654. The first-order chi connectivity index (χ1) is 11.7. The van der Waals surface area contributed by atoms with E-state index in [1.165, 1.54) is 6.92 Å². The largest absolute Gasteiger partial charge is 0.488 e. The van der Waals surface area contributed by atoms with Gasteiger partial charge in [0.2, 0.25) is 0 Å². The van der Waals surface area contributed by atoms with Crippen molar-refractivity contribution in [2.75, 3.05) is 0 Å². The van der Waals surface area contributed by atoms with Crippen LogP contribution >= 0.6 is 0 Å². The van der Waals surface area contributed by atoms with Crippen molar-refractivity contribution in [3.05, 3.63) is 64.7 Å². The van der Waals surface area contributed by atoms with Gasteiger partial charge >= 0.3 is 6.18 Å². The molecule has 132 valence electrons. The Morgan fingerprint density at radius 3 is 2.36 bits per heavy atom. The molecule has 4 N–H and O–H groups in total. The first-order valence-corrected chi connectivity index (χ1v) is 7.21. The summed E-state index contributed by atoms with van der Waals surface area (Å²) in [6, 6.07) is 10.6. The molecule has 0 aliphatic heterocycles. The summed E-state index contributed by atoms with van der Waals surface area (Å²) >= 11 is 0. The number of carbonyl (C=O) groups excluding carboxylic acids is 1. The Morgan fingerprint density at radius 1 is 1.16 bits per heavy atom. The molecule has 5 nitrogen and oxygen atoms in total. The molecule has 0 radical (unpaired) electrons. The molecule has 0 heterocycles. The molecule has 0 aliphatic rings. The number of nitrogens with two attached hydrogens (primary N) is 2. The molecule has 1 amide bonds. The standard InChI is InChI=1S/C17H16F3N3O2/c1-10-7-14(25-9-11-5-3-2-4-6-11)13(17(18,19)20)8-12(10)15(24)23-16(21)22/h2-8H,9H2,1H3,(H4,21,22,23,24). The van der Waals surface area contributed by atoms with Gasteiger partial charge < -0.3 is 16.2 Å². The average molecular weight is 351 g/mol. The van der Waals surface area contributed by atoms with Crippen LogP contribution in [-0.4, -0.2) is 11.9 Å². The first-order valence-electron chi connectivity index (χ1n) is 7.21. The monoisotopic (exact) mass is 351 g/mol. The maximum atomic E-state index is 13.3. The Morgan fingerprint density at radius 2 is 1.80 bits per heavy atom. The van der Waals surface area contributed by atoms with E-state index < -0.39 is 23.6 Å². The number of nitrogens with zero attached hydrogens (tertiary/aromatic N) is 1. The van der Waals surface area contributed by atoms with E-state index in [9.17, 15) is 18.0 Å². The van der Waals surface area contributed by atoms with Crippen molar-refractivity contribution in [2.45, 2.75) is 19.7 Å². The zero-order chi connectivity index (χ0) is 18.6. The summed E-state index contributed by atoms with van der Waals surface area (Å²) in [5.74, 6) is -1.84. The number of aliphatic imine (C=N–C) groups is 1. The zero-order valence-corrected chi connectivity index (χ0v) is 13.3. The lowest BCUT2D eigenvalue weighted by Gasteiger charge is -2.16. The number of ether oxygens (including phenoxy) is 1. The maximum Gasteiger partial charge on any atom is 0.419 e. The van der Waals surface area contributed by atoms with Crippen LogP contribution in [-0.2, 0) is 12.8 Å². The van der Waals surface area contributed by atoms with Crippen molar-refractivity contribution < 1.29 is 22.7 Å². The van der Waals surface area contributed by atoms with Gasteiger partial charge in [0.05, 0.1) is 5.56 Å². The molecule has 0 fully saturated rings. The summed E-state index contributed by atoms with van der Waals surface area (Å²) in [6.07, 6.45) is -4.70. The van der Waals surface area contributed by atoms with Gasteiger partial charge in [-0.25, -0.2) is 0 Å². The summed E-state index contributed by atoms with van der Waals surface area (Å²) in [6.45, 7) is 1.44. The second-order valence-electron chi connectivity index (χ2n) is 5.28. The number of guanidine groups is 1. The first kappa shape index (κ1) is 18.3. The number of amides is 1. The van der Waals surface area contributed by atoms with E-state index in [0.29, 0.717) is 11.6 Å². The fraction of sp³-hybridized carbons (Fsp3) is 0.176. The number of carbonyl (C=O) groups is 1. The SMILES string of the molecule is Cc1cc(OCc2ccccc2)c(C(F)(F)F)cc1C(=O)N=C(N)N. The van der Waals surface area contributed by atoms with Crippen molar-refractivity contribution in [1.82, 2.24) is 0 Å². The predicted octanol–water partition coefficient (Wildman–Crippen LogP) is 3.01. The molecule has 2 rings (SSSR count). The lowest BCUT2D eigenvalue weighted by atomic mass is 10.0. The van der Waals surface area contributed by atoms with Gasteiger partial charge in [-0.2, -0.15) is 18.2 Å². The van der Waals surface area contributed by atoms with E-state index in [0.717, 1.165) is 6.07 Å². The normalized spacial score (nSPS) is 11.0. The second-order valence-corrected chi connectivity index (χ2v) is 5.28. The summed E-state index contributed by atoms with van der Waals surface area (Å²) in [4.78, 5) is 15.2. The fourth-order valence-corrected chi connectivity index (χ4v) is 2.17. The summed E-state index contributed by atoms with van der Waals surface area (Å²) in [7, 11) is 0. The van der Waals surface area contributed by atoms with Crippen molar-refractivity contribution in [3.63, 3.8) is 0 Å². The van der Waals surface area contributed by atoms with E-state index in [-0.39, 0.29) is 23.5 Å². The maximum absolute atomic E-state index is 13.3. The van der Waals surface area contributed by atoms with Gasteiger partial charge in [0.1, 0.15) is 12.4 Å². The van der Waals surface area contributed by atoms with Crippen LogP contribution in [0.5, 0.6) is 5.75 Å². The number of hydrogen-bond acceptors (Lipinski definition) is 2. The van der Waals surface area contributed by atoms with Gasteiger partial charge in [-0.3, -0.25) is 4.79 Å². The highest BCUT2D eigenvalue weighted by atomic mass is 19.4. The Kier molecular flexibility index (Phi) is 5.31. The molecule has 2 aromatic carbocycles. The van der Waals surface area contributed by atoms with Crippen molar-refractivity contribution in [1.29, 1.82) is 0 Å². The van der Waals surface area contributed by atoms with Crippen LogP contribution in [0, 0.1) is 6.92 Å². The van der Waals surface area contributed by atoms with Crippen LogP contribution in [0.25, 0.3) is 0 Å². The highest BCUT2D eigenvalue weighted by Crippen LogP contribution is 2.38. The van der Waals surface area contributed by atoms with Crippen LogP contribution in [0.3, 0.4) is 0 Å². The van der Waals surface area contributed by atoms with Gasteiger partial charge in [-0.15, -0.1) is 0 Å². The molecule has 0 spiro atoms. The molecule has 0 saturated carbocycles. The number of benzene rings is 2. The lowest BCUT2D eigenvalue weighted by molar-refractivity contribution is -0.139. The number of rotatable bonds is 4. The molecule has 0 atom stereocenters. The van der Waals surface area contributed by atoms with E-state index in [4.69, 9.17) is 16.2 Å². The molecule has 0 aromatic heterocycles. The van der Waals surface area contributed by atoms with Gasteiger partial charge in [-0.1, -0.05) is 30.3 Å². The van der Waals surface area contributed by atoms with Gasteiger partial charge in [-0.05, 0) is 30.2 Å². The van der Waals surface area contributed by atoms with Gasteiger partial charge in [0.15, 0.2) is 5.96 Å². The molecule has 0 unspecified atom stereocenters. The van der Waals surface area contributed by atoms with E-state index in [1.54, 1.807) is 30.3 Å². The van der Waals surface area contributed by atoms with Crippen molar-refractivity contribution >= 4 is 11.9 Å². The second kappa shape index (κ2) is 7.25. The molecule has 2 aromatic rings. The van der Waals surface area contributed by atoms with E-state index >= 15 is 0 Å². The summed E-state index contributed by atoms with van der Waals surface area (Å²) < 4.78 is 45.3. The Balaban J connectivity index is 2.41. The summed E-state index contributed by atoms with van der Waals surface area (Å²) in [5, 5.41) is 0. The highest BCUT2D eigenvalue weighted by Gasteiger charge is 2.36. The molecular formula is C17H16F3N3O2. The topological polar surface area (TPSA) is 90.7 Å². The molecule has 8 heteroatoms. The van der Waals surface area contributed by atoms with Gasteiger partial charge in [0.25, 0.3) is 5.91 Å². The lowest BCUT2D eigenvalue weighted by Crippen LogP contribution is -2.24. The highest BCUT2D eigenvalue weighted by molar-refractivity contribution is 6.03. The molecule has 0 saturated heterocycles. The predicted molar refractivity (Wildman–Crippen MR) is 87.1 cm³/mol. The smallest absolute Gasteiger partial charge is 0.419 e. The third kappa shape index (κ3) is 4.72. The third-order valence-corrected chi connectivity index (χ3v) is 3.33. The van der Waals surface area contributed by atoms with Crippen LogP contribution in [0.2, 0.25) is 0 Å². The van der Waals surface area contributed by atoms with Gasteiger partial charge in [0, 0.05) is 5.56 Å². The molecule has 0 aliphatic carbocycles. The summed E-state index contributed by atoms with van der Waals surface area (Å²) in [5.41, 5.74) is 9.89. The van der Waals surface area contributed by atoms with Crippen LogP contribution in [0.4, 0.5) is 13.2 Å². The molecular weight excluding hydrogens is 335 g/mol. The minimum Gasteiger partial charge on any atom is -0.488 e. The number of alkyl halides is 3.